The number of benzene rings is 2. The van der Waals surface area contributed by atoms with E-state index >= 15 is 0 Å². The second-order valence-corrected chi connectivity index (χ2v) is 12.9. The summed E-state index contributed by atoms with van der Waals surface area (Å²) in [4.78, 5) is 4.26. The Bertz CT molecular complexity index is 1220. The SMILES string of the molecule is COc1ccccc1N1CCN([C@H]2CS(=O)(=O)C[C@@H]2S(=O)(=O)c2cc(C)ccc2OC)CC1. The lowest BCUT2D eigenvalue weighted by atomic mass is 10.1. The highest BCUT2D eigenvalue weighted by Crippen LogP contribution is 2.35. The Kier molecular flexibility index (Phi) is 6.61. The third-order valence-corrected chi connectivity index (χ3v) is 10.6. The first-order valence-electron chi connectivity index (χ1n) is 10.9. The minimum absolute atomic E-state index is 0.0600. The number of sulfone groups is 2. The van der Waals surface area contributed by atoms with Gasteiger partial charge in [-0.25, -0.2) is 16.8 Å². The third kappa shape index (κ3) is 4.69. The number of para-hydroxylation sites is 2. The lowest BCUT2D eigenvalue weighted by Crippen LogP contribution is -2.55. The highest BCUT2D eigenvalue weighted by atomic mass is 32.2. The Morgan fingerprint density at radius 1 is 0.909 bits per heavy atom. The highest BCUT2D eigenvalue weighted by Gasteiger charge is 2.49. The Labute approximate surface area is 195 Å². The summed E-state index contributed by atoms with van der Waals surface area (Å²) < 4.78 is 63.4. The van der Waals surface area contributed by atoms with E-state index in [4.69, 9.17) is 9.47 Å². The molecule has 2 heterocycles. The van der Waals surface area contributed by atoms with Crippen LogP contribution in [0.2, 0.25) is 0 Å². The van der Waals surface area contributed by atoms with E-state index in [1.807, 2.05) is 29.2 Å². The van der Waals surface area contributed by atoms with Gasteiger partial charge in [0.15, 0.2) is 19.7 Å². The Balaban J connectivity index is 1.59. The van der Waals surface area contributed by atoms with Crippen LogP contribution in [0.5, 0.6) is 11.5 Å². The van der Waals surface area contributed by atoms with Crippen LogP contribution in [0, 0.1) is 6.92 Å². The van der Waals surface area contributed by atoms with Gasteiger partial charge < -0.3 is 14.4 Å². The topological polar surface area (TPSA) is 93.2 Å². The van der Waals surface area contributed by atoms with Gasteiger partial charge in [-0.3, -0.25) is 4.90 Å². The van der Waals surface area contributed by atoms with Crippen LogP contribution in [0.4, 0.5) is 5.69 Å². The largest absolute Gasteiger partial charge is 0.495 e. The molecule has 2 aliphatic heterocycles. The molecule has 0 bridgehead atoms. The van der Waals surface area contributed by atoms with E-state index in [2.05, 4.69) is 4.90 Å². The van der Waals surface area contributed by atoms with Crippen LogP contribution in [-0.4, -0.2) is 84.9 Å². The van der Waals surface area contributed by atoms with Gasteiger partial charge in [-0.1, -0.05) is 18.2 Å². The molecule has 2 fully saturated rings. The Morgan fingerprint density at radius 3 is 2.24 bits per heavy atom. The summed E-state index contributed by atoms with van der Waals surface area (Å²) in [6.45, 7) is 4.23. The van der Waals surface area contributed by atoms with Crippen molar-refractivity contribution in [2.24, 2.45) is 0 Å². The quantitative estimate of drug-likeness (QED) is 0.600. The lowest BCUT2D eigenvalue weighted by molar-refractivity contribution is 0.201. The lowest BCUT2D eigenvalue weighted by Gasteiger charge is -2.40. The normalized spacial score (nSPS) is 23.4. The number of ether oxygens (including phenoxy) is 2. The average molecular weight is 495 g/mol. The van der Waals surface area contributed by atoms with E-state index < -0.39 is 31.0 Å². The predicted molar refractivity (Wildman–Crippen MR) is 128 cm³/mol. The van der Waals surface area contributed by atoms with Gasteiger partial charge in [0.05, 0.1) is 36.7 Å². The zero-order valence-electron chi connectivity index (χ0n) is 19.1. The van der Waals surface area contributed by atoms with Gasteiger partial charge in [-0.2, -0.15) is 0 Å². The summed E-state index contributed by atoms with van der Waals surface area (Å²) >= 11 is 0. The van der Waals surface area contributed by atoms with E-state index in [-0.39, 0.29) is 22.2 Å². The molecule has 4 rings (SSSR count). The molecule has 8 nitrogen and oxygen atoms in total. The van der Waals surface area contributed by atoms with Crippen LogP contribution in [0.3, 0.4) is 0 Å². The van der Waals surface area contributed by atoms with Crippen molar-refractivity contribution >= 4 is 25.4 Å². The summed E-state index contributed by atoms with van der Waals surface area (Å²) in [5.41, 5.74) is 1.75. The molecule has 0 aromatic heterocycles. The molecule has 0 radical (unpaired) electrons. The van der Waals surface area contributed by atoms with Gasteiger partial charge in [0, 0.05) is 32.2 Å². The molecule has 180 valence electrons. The number of anilines is 1. The highest BCUT2D eigenvalue weighted by molar-refractivity contribution is 7.96. The maximum atomic E-state index is 13.7. The standard InChI is InChI=1S/C23H30N2O6S2/c1-17-8-9-21(31-3)22(14-17)33(28,29)23-16-32(26,27)15-19(23)25-12-10-24(11-13-25)18-6-4-5-7-20(18)30-2/h4-9,14,19,23H,10-13,15-16H2,1-3H3/t19-,23-/m0/s1. The zero-order valence-corrected chi connectivity index (χ0v) is 20.7. The Morgan fingerprint density at radius 2 is 1.58 bits per heavy atom. The van der Waals surface area contributed by atoms with Crippen LogP contribution in [0.1, 0.15) is 5.56 Å². The molecule has 2 aromatic rings. The second-order valence-electron chi connectivity index (χ2n) is 8.58. The van der Waals surface area contributed by atoms with Crippen LogP contribution < -0.4 is 14.4 Å². The minimum atomic E-state index is -3.93. The van der Waals surface area contributed by atoms with Gasteiger partial charge in [0.25, 0.3) is 0 Å². The summed E-state index contributed by atoms with van der Waals surface area (Å²) in [6, 6.07) is 12.1. The fourth-order valence-electron chi connectivity index (χ4n) is 4.79. The molecule has 2 aromatic carbocycles. The van der Waals surface area contributed by atoms with Crippen molar-refractivity contribution in [1.82, 2.24) is 4.90 Å². The fourth-order valence-corrected chi connectivity index (χ4v) is 9.86. The van der Waals surface area contributed by atoms with Gasteiger partial charge in [-0.15, -0.1) is 0 Å². The first-order valence-corrected chi connectivity index (χ1v) is 14.2. The molecule has 0 spiro atoms. The van der Waals surface area contributed by atoms with Crippen molar-refractivity contribution in [3.63, 3.8) is 0 Å². The van der Waals surface area contributed by atoms with Crippen LogP contribution in [-0.2, 0) is 19.7 Å². The Hall–Kier alpha value is -2.30. The molecule has 33 heavy (non-hydrogen) atoms. The summed E-state index contributed by atoms with van der Waals surface area (Å²) in [5, 5.41) is -1.03. The molecule has 0 aliphatic carbocycles. The minimum Gasteiger partial charge on any atom is -0.495 e. The number of methoxy groups -OCH3 is 2. The number of nitrogens with zero attached hydrogens (tertiary/aromatic N) is 2. The third-order valence-electron chi connectivity index (χ3n) is 6.51. The zero-order chi connectivity index (χ0) is 23.8. The van der Waals surface area contributed by atoms with Crippen molar-refractivity contribution in [1.29, 1.82) is 0 Å². The monoisotopic (exact) mass is 494 g/mol. The van der Waals surface area contributed by atoms with E-state index in [0.717, 1.165) is 17.0 Å². The van der Waals surface area contributed by atoms with E-state index in [0.29, 0.717) is 26.2 Å². The predicted octanol–water partition coefficient (Wildman–Crippen LogP) is 1.77. The summed E-state index contributed by atoms with van der Waals surface area (Å²) in [5.74, 6) is 0.495. The van der Waals surface area contributed by atoms with Gasteiger partial charge in [0.1, 0.15) is 16.4 Å². The molecule has 2 aliphatic rings. The molecule has 2 saturated heterocycles. The molecule has 0 N–H and O–H groups in total. The number of piperazine rings is 1. The van der Waals surface area contributed by atoms with E-state index in [1.165, 1.54) is 7.11 Å². The van der Waals surface area contributed by atoms with Gasteiger partial charge >= 0.3 is 0 Å². The van der Waals surface area contributed by atoms with Crippen LogP contribution in [0.25, 0.3) is 0 Å². The number of hydrogen-bond acceptors (Lipinski definition) is 8. The number of aryl methyl sites for hydroxylation is 1. The molecule has 0 saturated carbocycles. The van der Waals surface area contributed by atoms with Crippen molar-refractivity contribution < 1.29 is 26.3 Å². The van der Waals surface area contributed by atoms with Gasteiger partial charge in [-0.05, 0) is 36.8 Å². The van der Waals surface area contributed by atoms with Gasteiger partial charge in [0.2, 0.25) is 0 Å². The first kappa shape index (κ1) is 23.8. The van der Waals surface area contributed by atoms with Crippen LogP contribution >= 0.6 is 0 Å². The van der Waals surface area contributed by atoms with Crippen LogP contribution in [0.15, 0.2) is 47.4 Å². The maximum Gasteiger partial charge on any atom is 0.187 e. The van der Waals surface area contributed by atoms with E-state index in [1.54, 1.807) is 32.2 Å². The first-order chi connectivity index (χ1) is 15.7. The molecular formula is C23H30N2O6S2. The maximum absolute atomic E-state index is 13.7. The molecule has 0 amide bonds. The summed E-state index contributed by atoms with van der Waals surface area (Å²) in [7, 11) is -4.36. The van der Waals surface area contributed by atoms with Crippen molar-refractivity contribution in [3.05, 3.63) is 48.0 Å². The smallest absolute Gasteiger partial charge is 0.187 e. The average Bonchev–Trinajstić information content (AvgIpc) is 3.15. The summed E-state index contributed by atoms with van der Waals surface area (Å²) in [6.07, 6.45) is 0. The van der Waals surface area contributed by atoms with Crippen molar-refractivity contribution in [2.75, 3.05) is 56.8 Å². The molecule has 2 atom stereocenters. The molecular weight excluding hydrogens is 464 g/mol. The molecule has 0 unspecified atom stereocenters. The number of rotatable bonds is 6. The second kappa shape index (κ2) is 9.15. The molecule has 10 heteroatoms. The van der Waals surface area contributed by atoms with Crippen molar-refractivity contribution in [2.45, 2.75) is 23.1 Å². The van der Waals surface area contributed by atoms with E-state index in [9.17, 15) is 16.8 Å². The fraction of sp³-hybridized carbons (Fsp3) is 0.478. The number of hydrogen-bond donors (Lipinski definition) is 0. The van der Waals surface area contributed by atoms with Crippen molar-refractivity contribution in [3.8, 4) is 11.5 Å².